The lowest BCUT2D eigenvalue weighted by Crippen LogP contribution is -2.41. The van der Waals surface area contributed by atoms with E-state index in [4.69, 9.17) is 16.3 Å². The summed E-state index contributed by atoms with van der Waals surface area (Å²) in [5.41, 5.74) is 0.930. The Morgan fingerprint density at radius 3 is 2.52 bits per heavy atom. The molecule has 0 bridgehead atoms. The van der Waals surface area contributed by atoms with E-state index in [9.17, 15) is 14.4 Å². The zero-order valence-electron chi connectivity index (χ0n) is 12.5. The highest BCUT2D eigenvalue weighted by Gasteiger charge is 2.32. The molecule has 6 heteroatoms. The minimum atomic E-state index is -0.383. The molecule has 0 aliphatic carbocycles. The molecule has 0 N–H and O–H groups in total. The summed E-state index contributed by atoms with van der Waals surface area (Å²) in [5.74, 6) is -1.08. The summed E-state index contributed by atoms with van der Waals surface area (Å²) in [4.78, 5) is 37.2. The molecule has 0 spiro atoms. The Morgan fingerprint density at radius 1 is 1.13 bits per heavy atom. The van der Waals surface area contributed by atoms with E-state index in [1.165, 1.54) is 11.8 Å². The zero-order valence-corrected chi connectivity index (χ0v) is 13.2. The lowest BCUT2D eigenvalue weighted by molar-refractivity contribution is -0.141. The Morgan fingerprint density at radius 2 is 1.83 bits per heavy atom. The van der Waals surface area contributed by atoms with Crippen LogP contribution in [0.2, 0.25) is 5.02 Å². The second kappa shape index (κ2) is 6.01. The van der Waals surface area contributed by atoms with Gasteiger partial charge in [-0.25, -0.2) is 0 Å². The first-order chi connectivity index (χ1) is 11.0. The number of nitrogens with zero attached hydrogens (tertiary/aromatic N) is 1. The molecule has 5 nitrogen and oxygen atoms in total. The minimum Gasteiger partial charge on any atom is -0.466 e. The summed E-state index contributed by atoms with van der Waals surface area (Å²) in [6.45, 7) is 1.69. The van der Waals surface area contributed by atoms with Crippen molar-refractivity contribution in [1.29, 1.82) is 0 Å². The van der Waals surface area contributed by atoms with Crippen LogP contribution in [0, 0.1) is 0 Å². The van der Waals surface area contributed by atoms with Gasteiger partial charge in [0.2, 0.25) is 0 Å². The first kappa shape index (κ1) is 15.5. The van der Waals surface area contributed by atoms with E-state index in [1.807, 2.05) is 0 Å². The van der Waals surface area contributed by atoms with Crippen molar-refractivity contribution in [3.63, 3.8) is 0 Å². The Hall–Kier alpha value is -2.40. The van der Waals surface area contributed by atoms with E-state index in [0.717, 1.165) is 0 Å². The normalized spacial score (nSPS) is 13.6. The van der Waals surface area contributed by atoms with Gasteiger partial charge in [-0.15, -0.1) is 0 Å². The fourth-order valence-corrected chi connectivity index (χ4v) is 2.97. The molecule has 2 aromatic carbocycles. The highest BCUT2D eigenvalue weighted by atomic mass is 35.5. The summed E-state index contributed by atoms with van der Waals surface area (Å²) in [6.07, 6.45) is 0.399. The molecule has 1 heterocycles. The third-order valence-electron chi connectivity index (χ3n) is 3.77. The number of carbonyl (C=O) groups is 3. The second-order valence-corrected chi connectivity index (χ2v) is 5.69. The maximum atomic E-state index is 12.6. The monoisotopic (exact) mass is 331 g/mol. The Kier molecular flexibility index (Phi) is 4.05. The van der Waals surface area contributed by atoms with Crippen molar-refractivity contribution in [2.24, 2.45) is 0 Å². The Balaban J connectivity index is 1.94. The van der Waals surface area contributed by atoms with Crippen LogP contribution in [0.15, 0.2) is 30.3 Å². The van der Waals surface area contributed by atoms with Gasteiger partial charge < -0.3 is 4.74 Å². The summed E-state index contributed by atoms with van der Waals surface area (Å²) in [6, 6.07) is 8.53. The molecule has 0 aromatic heterocycles. The van der Waals surface area contributed by atoms with Crippen molar-refractivity contribution in [3.05, 3.63) is 46.5 Å². The van der Waals surface area contributed by atoms with Crippen molar-refractivity contribution in [3.8, 4) is 0 Å². The molecule has 0 unspecified atom stereocenters. The van der Waals surface area contributed by atoms with Crippen LogP contribution >= 0.6 is 11.6 Å². The predicted molar refractivity (Wildman–Crippen MR) is 85.6 cm³/mol. The molecule has 0 saturated heterocycles. The molecule has 3 rings (SSSR count). The largest absolute Gasteiger partial charge is 0.466 e. The quantitative estimate of drug-likeness (QED) is 0.491. The molecule has 0 radical (unpaired) electrons. The van der Waals surface area contributed by atoms with E-state index in [0.29, 0.717) is 33.3 Å². The summed E-state index contributed by atoms with van der Waals surface area (Å²) in [5, 5.41) is 1.81. The highest BCUT2D eigenvalue weighted by molar-refractivity contribution is 6.38. The number of rotatable bonds is 4. The van der Waals surface area contributed by atoms with Crippen molar-refractivity contribution < 1.29 is 19.1 Å². The fourth-order valence-electron chi connectivity index (χ4n) is 2.75. The molecule has 0 fully saturated rings. The van der Waals surface area contributed by atoms with Gasteiger partial charge in [0, 0.05) is 40.4 Å². The summed E-state index contributed by atoms with van der Waals surface area (Å²) in [7, 11) is 0. The lowest BCUT2D eigenvalue weighted by atomic mass is 9.94. The van der Waals surface area contributed by atoms with Crippen LogP contribution in [-0.4, -0.2) is 35.8 Å². The second-order valence-electron chi connectivity index (χ2n) is 5.28. The van der Waals surface area contributed by atoms with E-state index >= 15 is 0 Å². The van der Waals surface area contributed by atoms with Gasteiger partial charge in [0.05, 0.1) is 6.61 Å². The number of imide groups is 1. The summed E-state index contributed by atoms with van der Waals surface area (Å²) < 4.78 is 4.84. The van der Waals surface area contributed by atoms with Crippen LogP contribution in [0.1, 0.15) is 34.1 Å². The lowest BCUT2D eigenvalue weighted by Gasteiger charge is -2.27. The molecule has 0 saturated carbocycles. The zero-order chi connectivity index (χ0) is 16.6. The van der Waals surface area contributed by atoms with Crippen LogP contribution < -0.4 is 0 Å². The van der Waals surface area contributed by atoms with Gasteiger partial charge in [0.1, 0.15) is 0 Å². The van der Waals surface area contributed by atoms with Crippen molar-refractivity contribution in [2.75, 3.05) is 13.2 Å². The van der Waals surface area contributed by atoms with Gasteiger partial charge in [-0.3, -0.25) is 19.3 Å². The Labute approximate surface area is 137 Å². The molecule has 23 heavy (non-hydrogen) atoms. The van der Waals surface area contributed by atoms with Gasteiger partial charge in [0.25, 0.3) is 11.8 Å². The van der Waals surface area contributed by atoms with Gasteiger partial charge in [-0.1, -0.05) is 23.7 Å². The van der Waals surface area contributed by atoms with Gasteiger partial charge >= 0.3 is 5.97 Å². The van der Waals surface area contributed by atoms with Crippen LogP contribution in [0.4, 0.5) is 0 Å². The molecule has 1 aliphatic rings. The molecule has 0 atom stereocenters. The van der Waals surface area contributed by atoms with Crippen molar-refractivity contribution >= 4 is 40.2 Å². The maximum Gasteiger partial charge on any atom is 0.302 e. The van der Waals surface area contributed by atoms with Crippen LogP contribution in [0.3, 0.4) is 0 Å². The Bertz CT molecular complexity index is 808. The van der Waals surface area contributed by atoms with Gasteiger partial charge in [0.15, 0.2) is 0 Å². The number of benzene rings is 2. The summed E-state index contributed by atoms with van der Waals surface area (Å²) >= 11 is 6.16. The van der Waals surface area contributed by atoms with Crippen LogP contribution in [0.5, 0.6) is 0 Å². The van der Waals surface area contributed by atoms with E-state index < -0.39 is 0 Å². The number of carbonyl (C=O) groups excluding carboxylic acids is 3. The fraction of sp³-hybridized carbons (Fsp3) is 0.235. The SMILES string of the molecule is CC(=O)OCCCN1C(=O)c2cccc3c(Cl)ccc(c23)C1=O. The minimum absolute atomic E-state index is 0.171. The standard InChI is InChI=1S/C17H14ClNO4/c1-10(20)23-9-3-8-19-16(21)12-5-2-4-11-14(18)7-6-13(15(11)12)17(19)22/h2,4-7H,3,8-9H2,1H3. The van der Waals surface area contributed by atoms with Crippen LogP contribution in [-0.2, 0) is 9.53 Å². The number of esters is 1. The maximum absolute atomic E-state index is 12.6. The van der Waals surface area contributed by atoms with Crippen molar-refractivity contribution in [1.82, 2.24) is 4.90 Å². The predicted octanol–water partition coefficient (Wildman–Crippen LogP) is 3.04. The van der Waals surface area contributed by atoms with E-state index in [1.54, 1.807) is 30.3 Å². The van der Waals surface area contributed by atoms with Crippen molar-refractivity contribution in [2.45, 2.75) is 13.3 Å². The van der Waals surface area contributed by atoms with E-state index in [2.05, 4.69) is 0 Å². The smallest absolute Gasteiger partial charge is 0.302 e. The number of hydrogen-bond donors (Lipinski definition) is 0. The van der Waals surface area contributed by atoms with Gasteiger partial charge in [-0.2, -0.15) is 0 Å². The molecule has 2 aromatic rings. The number of halogens is 1. The first-order valence-corrected chi connectivity index (χ1v) is 7.59. The number of ether oxygens (including phenoxy) is 1. The average Bonchev–Trinajstić information content (AvgIpc) is 2.53. The molecule has 118 valence electrons. The third kappa shape index (κ3) is 2.68. The topological polar surface area (TPSA) is 63.7 Å². The number of amides is 2. The molecule has 2 amide bonds. The molecular formula is C17H14ClNO4. The van der Waals surface area contributed by atoms with E-state index in [-0.39, 0.29) is 30.9 Å². The molecular weight excluding hydrogens is 318 g/mol. The molecule has 1 aliphatic heterocycles. The third-order valence-corrected chi connectivity index (χ3v) is 4.10. The number of hydrogen-bond acceptors (Lipinski definition) is 4. The average molecular weight is 332 g/mol. The highest BCUT2D eigenvalue weighted by Crippen LogP contribution is 2.34. The first-order valence-electron chi connectivity index (χ1n) is 7.21. The van der Waals surface area contributed by atoms with Gasteiger partial charge in [-0.05, 0) is 24.6 Å². The van der Waals surface area contributed by atoms with Crippen LogP contribution in [0.25, 0.3) is 10.8 Å².